The van der Waals surface area contributed by atoms with Crippen LogP contribution in [-0.2, 0) is 22.6 Å². The Bertz CT molecular complexity index is 587. The summed E-state index contributed by atoms with van der Waals surface area (Å²) in [6, 6.07) is 7.31. The third-order valence-corrected chi connectivity index (χ3v) is 4.11. The maximum Gasteiger partial charge on any atom is 0.411 e. The molecule has 1 atom stereocenters. The van der Waals surface area contributed by atoms with Crippen molar-refractivity contribution in [1.82, 2.24) is 10.2 Å². The van der Waals surface area contributed by atoms with Gasteiger partial charge in [-0.1, -0.05) is 24.3 Å². The molecule has 1 saturated heterocycles. The van der Waals surface area contributed by atoms with Crippen LogP contribution in [0.1, 0.15) is 17.5 Å². The van der Waals surface area contributed by atoms with Gasteiger partial charge >= 0.3 is 6.18 Å². The predicted octanol–water partition coefficient (Wildman–Crippen LogP) is 2.81. The molecule has 1 aromatic carbocycles. The van der Waals surface area contributed by atoms with Crippen molar-refractivity contribution in [2.45, 2.75) is 25.7 Å². The lowest BCUT2D eigenvalue weighted by atomic mass is 10.1. The summed E-state index contributed by atoms with van der Waals surface area (Å²) in [5.41, 5.74) is 1.66. The van der Waals surface area contributed by atoms with Crippen LogP contribution < -0.4 is 5.32 Å². The van der Waals surface area contributed by atoms with Crippen LogP contribution in [0, 0.1) is 5.92 Å². The lowest BCUT2D eigenvalue weighted by Crippen LogP contribution is -2.41. The van der Waals surface area contributed by atoms with E-state index >= 15 is 0 Å². The van der Waals surface area contributed by atoms with Crippen LogP contribution >= 0.6 is 0 Å². The molecule has 8 heteroatoms. The molecule has 1 aliphatic heterocycles. The van der Waals surface area contributed by atoms with Gasteiger partial charge in [0, 0.05) is 39.7 Å². The zero-order valence-corrected chi connectivity index (χ0v) is 15.2. The third-order valence-electron chi connectivity index (χ3n) is 4.11. The Kier molecular flexibility index (Phi) is 7.71. The molecule has 0 aliphatic carbocycles. The van der Waals surface area contributed by atoms with E-state index in [1.165, 1.54) is 0 Å². The zero-order chi connectivity index (χ0) is 19.0. The summed E-state index contributed by atoms with van der Waals surface area (Å²) in [6.07, 6.45) is -3.25. The van der Waals surface area contributed by atoms with Gasteiger partial charge in [0.2, 0.25) is 0 Å². The van der Waals surface area contributed by atoms with Crippen LogP contribution in [0.25, 0.3) is 0 Å². The molecule has 0 saturated carbocycles. The molecule has 0 aromatic heterocycles. The van der Waals surface area contributed by atoms with Crippen molar-refractivity contribution in [2.24, 2.45) is 10.9 Å². The fraction of sp³-hybridized carbons (Fsp3) is 0.611. The first-order valence-electron chi connectivity index (χ1n) is 8.59. The second-order valence-corrected chi connectivity index (χ2v) is 6.44. The molecule has 1 aliphatic rings. The Morgan fingerprint density at radius 2 is 2.15 bits per heavy atom. The van der Waals surface area contributed by atoms with Crippen molar-refractivity contribution in [2.75, 3.05) is 40.5 Å². The summed E-state index contributed by atoms with van der Waals surface area (Å²) < 4.78 is 46.5. The van der Waals surface area contributed by atoms with Gasteiger partial charge in [-0.2, -0.15) is 13.2 Å². The molecule has 1 unspecified atom stereocenters. The highest BCUT2D eigenvalue weighted by molar-refractivity contribution is 5.79. The molecule has 1 N–H and O–H groups in total. The van der Waals surface area contributed by atoms with Crippen LogP contribution in [0.15, 0.2) is 29.3 Å². The summed E-state index contributed by atoms with van der Waals surface area (Å²) in [7, 11) is 3.71. The second kappa shape index (κ2) is 9.78. The molecule has 0 radical (unpaired) electrons. The number of nitrogens with zero attached hydrogens (tertiary/aromatic N) is 2. The van der Waals surface area contributed by atoms with E-state index in [1.807, 2.05) is 25.2 Å². The fourth-order valence-electron chi connectivity index (χ4n) is 2.88. The average molecular weight is 373 g/mol. The molecular weight excluding hydrogens is 347 g/mol. The number of guanidine groups is 1. The fourth-order valence-corrected chi connectivity index (χ4v) is 2.88. The molecule has 2 rings (SSSR count). The minimum absolute atomic E-state index is 0.0658. The Hall–Kier alpha value is -1.80. The van der Waals surface area contributed by atoms with Crippen LogP contribution in [0.5, 0.6) is 0 Å². The topological polar surface area (TPSA) is 46.1 Å². The van der Waals surface area contributed by atoms with Gasteiger partial charge in [-0.05, 0) is 17.5 Å². The minimum atomic E-state index is -4.30. The summed E-state index contributed by atoms with van der Waals surface area (Å²) in [6.45, 7) is 1.69. The maximum atomic E-state index is 12.1. The summed E-state index contributed by atoms with van der Waals surface area (Å²) >= 11 is 0. The highest BCUT2D eigenvalue weighted by Crippen LogP contribution is 2.16. The first-order valence-corrected chi connectivity index (χ1v) is 8.59. The van der Waals surface area contributed by atoms with Gasteiger partial charge in [0.1, 0.15) is 6.61 Å². The van der Waals surface area contributed by atoms with Crippen LogP contribution in [0.3, 0.4) is 0 Å². The quantitative estimate of drug-likeness (QED) is 0.590. The minimum Gasteiger partial charge on any atom is -0.381 e. The molecule has 1 fully saturated rings. The predicted molar refractivity (Wildman–Crippen MR) is 93.9 cm³/mol. The van der Waals surface area contributed by atoms with Gasteiger partial charge in [-0.25, -0.2) is 0 Å². The first kappa shape index (κ1) is 20.5. The average Bonchev–Trinajstić information content (AvgIpc) is 3.07. The van der Waals surface area contributed by atoms with Crippen molar-refractivity contribution in [3.63, 3.8) is 0 Å². The molecular formula is C18H26F3N3O2. The summed E-state index contributed by atoms with van der Waals surface area (Å²) in [4.78, 5) is 6.35. The van der Waals surface area contributed by atoms with Crippen molar-refractivity contribution >= 4 is 5.96 Å². The number of alkyl halides is 3. The number of hydrogen-bond acceptors (Lipinski definition) is 3. The highest BCUT2D eigenvalue weighted by atomic mass is 19.4. The van der Waals surface area contributed by atoms with E-state index in [2.05, 4.69) is 15.2 Å². The maximum absolute atomic E-state index is 12.1. The van der Waals surface area contributed by atoms with Gasteiger partial charge in [-0.15, -0.1) is 0 Å². The number of hydrogen-bond donors (Lipinski definition) is 1. The molecule has 0 amide bonds. The van der Waals surface area contributed by atoms with Gasteiger partial charge in [0.25, 0.3) is 0 Å². The summed E-state index contributed by atoms with van der Waals surface area (Å²) in [5, 5.41) is 3.28. The van der Waals surface area contributed by atoms with E-state index in [4.69, 9.17) is 9.47 Å². The molecule has 5 nitrogen and oxygen atoms in total. The lowest BCUT2D eigenvalue weighted by molar-refractivity contribution is -0.176. The molecule has 0 bridgehead atoms. The standard InChI is InChI=1S/C18H26F3N3O2/c1-22-17(24(2)10-16-6-7-25-12-16)23-9-14-4-3-5-15(8-14)11-26-13-18(19,20)21/h3-5,8,16H,6-7,9-13H2,1-2H3,(H,22,23). The Balaban J connectivity index is 1.82. The van der Waals surface area contributed by atoms with Gasteiger partial charge in [0.05, 0.1) is 13.2 Å². The van der Waals surface area contributed by atoms with Gasteiger partial charge in [-0.3, -0.25) is 4.99 Å². The molecule has 146 valence electrons. The highest BCUT2D eigenvalue weighted by Gasteiger charge is 2.27. The summed E-state index contributed by atoms with van der Waals surface area (Å²) in [5.74, 6) is 1.28. The number of benzene rings is 1. The van der Waals surface area contributed by atoms with Gasteiger partial charge < -0.3 is 19.7 Å². The lowest BCUT2D eigenvalue weighted by Gasteiger charge is -2.24. The van der Waals surface area contributed by atoms with E-state index in [1.54, 1.807) is 13.1 Å². The van der Waals surface area contributed by atoms with Crippen molar-refractivity contribution in [3.8, 4) is 0 Å². The SMILES string of the molecule is CN=C(NCc1cccc(COCC(F)(F)F)c1)N(C)CC1CCOC1. The van der Waals surface area contributed by atoms with Crippen LogP contribution in [0.4, 0.5) is 13.2 Å². The van der Waals surface area contributed by atoms with Gasteiger partial charge in [0.15, 0.2) is 5.96 Å². The van der Waals surface area contributed by atoms with Crippen molar-refractivity contribution in [1.29, 1.82) is 0 Å². The monoisotopic (exact) mass is 373 g/mol. The van der Waals surface area contributed by atoms with Crippen molar-refractivity contribution < 1.29 is 22.6 Å². The Morgan fingerprint density at radius 1 is 1.38 bits per heavy atom. The van der Waals surface area contributed by atoms with E-state index in [9.17, 15) is 13.2 Å². The molecule has 0 spiro atoms. The molecule has 1 heterocycles. The van der Waals surface area contributed by atoms with Crippen LogP contribution in [0.2, 0.25) is 0 Å². The smallest absolute Gasteiger partial charge is 0.381 e. The van der Waals surface area contributed by atoms with Crippen LogP contribution in [-0.4, -0.2) is 57.5 Å². The Labute approximate surface area is 152 Å². The Morgan fingerprint density at radius 3 is 2.81 bits per heavy atom. The van der Waals surface area contributed by atoms with Crippen molar-refractivity contribution in [3.05, 3.63) is 35.4 Å². The number of rotatable bonds is 7. The van der Waals surface area contributed by atoms with E-state index < -0.39 is 12.8 Å². The van der Waals surface area contributed by atoms with E-state index in [0.29, 0.717) is 18.0 Å². The number of ether oxygens (including phenoxy) is 2. The largest absolute Gasteiger partial charge is 0.411 e. The number of aliphatic imine (C=N–C) groups is 1. The third kappa shape index (κ3) is 7.21. The van der Waals surface area contributed by atoms with E-state index in [0.717, 1.165) is 37.7 Å². The first-order chi connectivity index (χ1) is 12.4. The van der Waals surface area contributed by atoms with E-state index in [-0.39, 0.29) is 6.61 Å². The zero-order valence-electron chi connectivity index (χ0n) is 15.2. The number of halogens is 3. The second-order valence-electron chi connectivity index (χ2n) is 6.44. The normalized spacial score (nSPS) is 18.2. The molecule has 1 aromatic rings. The molecule has 26 heavy (non-hydrogen) atoms. The number of nitrogens with one attached hydrogen (secondary N) is 1.